The molecule has 0 spiro atoms. The summed E-state index contributed by atoms with van der Waals surface area (Å²) in [6, 6.07) is 0. The third-order valence-electron chi connectivity index (χ3n) is 26.5. The zero-order valence-electron chi connectivity index (χ0n) is 82.6. The monoisotopic (exact) mass is 2040 g/mol. The Bertz CT molecular complexity index is 5150. The van der Waals surface area contributed by atoms with Gasteiger partial charge in [0.25, 0.3) is 0 Å². The standard InChI is InChI=1S/C21H33N3O9.C21H33N3O6.C18H27N3O9.C18H27N3O6.C15H21N3O6/c1-13(28-7-16-10-31-16)4-22-19(25)23(5-14(2)29-8-17-11-32-17)21(27)24(20(22)26)6-15(3)30-9-18-12-33-18;25-19-22(10-4-1-7-16-13-28-16)20(26)24(12-6-3-9-18-15-30-18)21(27)23(19)11-5-2-8-17-14-29-17;22-16-19(1-4-25-7-13-10-28-13)17(23)21(3-6-27-9-15-12-30-15)18(24)20(16)2-5-26-8-14-11-29-14;22-16-19(7-1-4-13-10-25-13)17(23)21(9-3-6-15-12-27-15)18(24)20(16)8-2-5-14-11-26-14;19-13-16(4-1-10-7-22-10)14(20)18(6-3-12-9-24-12)15(21)17(13)5-2-11-8-23-11/h13-18H,4-12H2,1-3H3;16-18H,1-15H2;13-15H,1-12H2;13-15H,1-12H2;10-12H,1-9H2. The van der Waals surface area contributed by atoms with E-state index in [1.807, 2.05) is 0 Å². The predicted molar refractivity (Wildman–Crippen MR) is 504 cm³/mol. The highest BCUT2D eigenvalue weighted by Gasteiger charge is 2.36. The number of epoxide rings is 15. The van der Waals surface area contributed by atoms with Crippen LogP contribution in [0.2, 0.25) is 0 Å². The Labute approximate surface area is 824 Å². The second-order valence-electron chi connectivity index (χ2n) is 39.2. The van der Waals surface area contributed by atoms with Gasteiger partial charge in [-0.1, -0.05) is 0 Å². The van der Waals surface area contributed by atoms with Crippen LogP contribution in [0.4, 0.5) is 0 Å². The Morgan fingerprint density at radius 1 is 0.181 bits per heavy atom. The Balaban J connectivity index is 0.000000130. The van der Waals surface area contributed by atoms with Crippen molar-refractivity contribution >= 4 is 0 Å². The van der Waals surface area contributed by atoms with Crippen LogP contribution in [0, 0.1) is 0 Å². The van der Waals surface area contributed by atoms with Crippen molar-refractivity contribution in [1.82, 2.24) is 68.5 Å². The molecule has 144 heavy (non-hydrogen) atoms. The van der Waals surface area contributed by atoms with Gasteiger partial charge in [0.2, 0.25) is 0 Å². The average molecular weight is 2050 g/mol. The smallest absolute Gasteiger partial charge is 0.336 e. The first kappa shape index (κ1) is 108. The maximum Gasteiger partial charge on any atom is 0.336 e. The number of hydrogen-bond acceptors (Lipinski definition) is 36. The van der Waals surface area contributed by atoms with E-state index in [1.165, 1.54) is 27.4 Å². The summed E-state index contributed by atoms with van der Waals surface area (Å²) in [5.74, 6) is 0. The number of unbranched alkanes of at least 4 members (excludes halogenated alkanes) is 3. The quantitative estimate of drug-likeness (QED) is 0.0260. The topological polar surface area (TPSA) is 573 Å². The van der Waals surface area contributed by atoms with E-state index >= 15 is 0 Å². The summed E-state index contributed by atoms with van der Waals surface area (Å²) in [6.45, 7) is 21.8. The van der Waals surface area contributed by atoms with Gasteiger partial charge in [0.1, 0.15) is 36.6 Å². The van der Waals surface area contributed by atoms with Gasteiger partial charge >= 0.3 is 85.3 Å². The molecular formula is C93H141N15O36. The van der Waals surface area contributed by atoms with Crippen LogP contribution in [0.3, 0.4) is 0 Å². The number of hydrogen-bond donors (Lipinski definition) is 0. The number of nitrogens with zero attached hydrogens (tertiary/aromatic N) is 15. The fraction of sp³-hybridized carbons (Fsp3) is 0.839. The molecule has 20 heterocycles. The Hall–Kier alpha value is -8.79. The summed E-state index contributed by atoms with van der Waals surface area (Å²) in [5.41, 5.74) is -8.61. The van der Waals surface area contributed by atoms with E-state index in [0.717, 1.165) is 158 Å². The highest BCUT2D eigenvalue weighted by atomic mass is 16.6. The Kier molecular flexibility index (Phi) is 39.3. The minimum Gasteiger partial charge on any atom is -0.377 e. The van der Waals surface area contributed by atoms with E-state index in [-0.39, 0.29) is 152 Å². The van der Waals surface area contributed by atoms with Crippen molar-refractivity contribution in [3.8, 4) is 0 Å². The lowest BCUT2D eigenvalue weighted by Crippen LogP contribution is -2.57. The molecule has 0 aromatic carbocycles. The second kappa shape index (κ2) is 52.4. The largest absolute Gasteiger partial charge is 0.377 e. The summed E-state index contributed by atoms with van der Waals surface area (Å²) in [4.78, 5) is 193. The Morgan fingerprint density at radius 2 is 0.326 bits per heavy atom. The molecule has 18 atom stereocenters. The maximum atomic E-state index is 13.1. The molecule has 0 amide bonds. The van der Waals surface area contributed by atoms with Crippen LogP contribution in [0.1, 0.15) is 136 Å². The van der Waals surface area contributed by atoms with E-state index in [4.69, 9.17) is 99.5 Å². The number of ether oxygens (including phenoxy) is 21. The van der Waals surface area contributed by atoms with Crippen LogP contribution < -0.4 is 85.3 Å². The van der Waals surface area contributed by atoms with Crippen LogP contribution in [0.25, 0.3) is 0 Å². The van der Waals surface area contributed by atoms with Gasteiger partial charge < -0.3 is 99.5 Å². The van der Waals surface area contributed by atoms with Gasteiger partial charge in [-0.25, -0.2) is 140 Å². The SMILES string of the molecule is CC(Cn1c(=O)n(CC(C)OCC2CO2)c(=O)n(CC(C)OCC2CO2)c1=O)OCC1CO1.O=c1n(CCC2CO2)c(=O)n(CCC2CO2)c(=O)n1CCC1CO1.O=c1n(CCCC2CO2)c(=O)n(CCCC2CO2)c(=O)n1CCCC1CO1.O=c1n(CCCCC2CO2)c(=O)n(CCCCC2CO2)c(=O)n1CCCCC1CO1.O=c1n(CCOCC2CO2)c(=O)n(CCOCC2CO2)c(=O)n1CCOCC1CO1. The van der Waals surface area contributed by atoms with Gasteiger partial charge in [-0.2, -0.15) is 0 Å². The summed E-state index contributed by atoms with van der Waals surface area (Å²) >= 11 is 0. The minimum absolute atomic E-state index is 0.0149. The molecule has 0 radical (unpaired) electrons. The van der Waals surface area contributed by atoms with E-state index in [2.05, 4.69) is 0 Å². The molecule has 51 nitrogen and oxygen atoms in total. The molecule has 15 fully saturated rings. The van der Waals surface area contributed by atoms with Crippen LogP contribution in [-0.4, -0.2) is 337 Å². The molecule has 18 unspecified atom stereocenters. The first-order valence-corrected chi connectivity index (χ1v) is 51.4. The predicted octanol–water partition coefficient (Wildman–Crippen LogP) is -4.87. The summed E-state index contributed by atoms with van der Waals surface area (Å²) in [7, 11) is 0. The third-order valence-corrected chi connectivity index (χ3v) is 26.5. The van der Waals surface area contributed by atoms with Crippen molar-refractivity contribution in [1.29, 1.82) is 0 Å². The summed E-state index contributed by atoms with van der Waals surface area (Å²) in [5, 5.41) is 0. The molecule has 0 aliphatic carbocycles. The van der Waals surface area contributed by atoms with Crippen LogP contribution in [-0.2, 0) is 198 Å². The van der Waals surface area contributed by atoms with Gasteiger partial charge in [-0.3, -0.25) is 0 Å². The molecule has 15 saturated heterocycles. The van der Waals surface area contributed by atoms with Crippen molar-refractivity contribution in [2.75, 3.05) is 159 Å². The van der Waals surface area contributed by atoms with Crippen LogP contribution >= 0.6 is 0 Å². The molecule has 15 aliphatic rings. The molecular weight excluding hydrogens is 1900 g/mol. The average Bonchev–Trinajstić information content (AvgIpc) is 1.27. The van der Waals surface area contributed by atoms with Crippen LogP contribution in [0.5, 0.6) is 0 Å². The minimum atomic E-state index is -0.683. The lowest BCUT2D eigenvalue weighted by Gasteiger charge is -2.20. The van der Waals surface area contributed by atoms with Gasteiger partial charge in [0.05, 0.1) is 271 Å². The Morgan fingerprint density at radius 3 is 0.514 bits per heavy atom. The first-order valence-electron chi connectivity index (χ1n) is 51.4. The molecule has 0 saturated carbocycles. The van der Waals surface area contributed by atoms with Crippen LogP contribution in [0.15, 0.2) is 71.9 Å². The van der Waals surface area contributed by atoms with E-state index in [9.17, 15) is 71.9 Å². The van der Waals surface area contributed by atoms with E-state index < -0.39 is 104 Å². The first-order chi connectivity index (χ1) is 69.8. The highest BCUT2D eigenvalue weighted by molar-refractivity contribution is 4.91. The maximum absolute atomic E-state index is 13.1. The fourth-order valence-electron chi connectivity index (χ4n) is 16.3. The van der Waals surface area contributed by atoms with Crippen molar-refractivity contribution in [3.05, 3.63) is 157 Å². The number of aromatic nitrogens is 15. The van der Waals surface area contributed by atoms with Gasteiger partial charge in [-0.05, 0) is 136 Å². The number of rotatable bonds is 66. The summed E-state index contributed by atoms with van der Waals surface area (Å²) < 4.78 is 128. The normalized spacial score (nSPS) is 25.4. The molecule has 51 heteroatoms. The van der Waals surface area contributed by atoms with Crippen molar-refractivity contribution in [2.45, 2.75) is 344 Å². The molecule has 15 aliphatic heterocycles. The summed E-state index contributed by atoms with van der Waals surface area (Å²) in [6.07, 6.45) is 15.4. The molecule has 5 aromatic rings. The zero-order valence-corrected chi connectivity index (χ0v) is 82.6. The second-order valence-corrected chi connectivity index (χ2v) is 39.2. The molecule has 5 aromatic heterocycles. The molecule has 804 valence electrons. The lowest BCUT2D eigenvalue weighted by atomic mass is 10.2. The van der Waals surface area contributed by atoms with E-state index in [1.54, 1.807) is 20.8 Å². The van der Waals surface area contributed by atoms with E-state index in [0.29, 0.717) is 195 Å². The van der Waals surface area contributed by atoms with Crippen molar-refractivity contribution < 1.29 is 99.5 Å². The van der Waals surface area contributed by atoms with Gasteiger partial charge in [-0.15, -0.1) is 0 Å². The highest BCUT2D eigenvalue weighted by Crippen LogP contribution is 2.24. The fourth-order valence-corrected chi connectivity index (χ4v) is 16.3. The lowest BCUT2D eigenvalue weighted by molar-refractivity contribution is 0.0316. The van der Waals surface area contributed by atoms with Crippen molar-refractivity contribution in [2.24, 2.45) is 0 Å². The molecule has 0 N–H and O–H groups in total. The third kappa shape index (κ3) is 34.9. The van der Waals surface area contributed by atoms with Gasteiger partial charge in [0, 0.05) is 58.9 Å². The zero-order chi connectivity index (χ0) is 101. The van der Waals surface area contributed by atoms with Gasteiger partial charge in [0.15, 0.2) is 0 Å². The van der Waals surface area contributed by atoms with Crippen molar-refractivity contribution in [3.63, 3.8) is 0 Å². The molecule has 20 rings (SSSR count). The molecule has 0 bridgehead atoms.